The Morgan fingerprint density at radius 3 is 2.38 bits per heavy atom. The molecule has 0 fully saturated rings. The molecule has 0 aliphatic carbocycles. The minimum atomic E-state index is -3.58. The Balaban J connectivity index is 1.60. The fourth-order valence-electron chi connectivity index (χ4n) is 3.31. The Hall–Kier alpha value is -3.70. The highest BCUT2D eigenvalue weighted by atomic mass is 32.2. The van der Waals surface area contributed by atoms with Crippen LogP contribution in [0, 0.1) is 0 Å². The summed E-state index contributed by atoms with van der Waals surface area (Å²) in [6.45, 7) is 0.725. The second kappa shape index (κ2) is 10.5. The van der Waals surface area contributed by atoms with Gasteiger partial charge < -0.3 is 20.4 Å². The lowest BCUT2D eigenvalue weighted by Crippen LogP contribution is -2.43. The van der Waals surface area contributed by atoms with Crippen molar-refractivity contribution in [2.75, 3.05) is 26.0 Å². The van der Waals surface area contributed by atoms with Gasteiger partial charge in [0.25, 0.3) is 5.91 Å². The summed E-state index contributed by atoms with van der Waals surface area (Å²) in [6, 6.07) is 12.2. The number of para-hydroxylation sites is 1. The summed E-state index contributed by atoms with van der Waals surface area (Å²) in [7, 11) is -0.739. The Bertz CT molecular complexity index is 1300. The number of amides is 2. The van der Waals surface area contributed by atoms with Crippen LogP contribution in [0.25, 0.3) is 10.9 Å². The van der Waals surface area contributed by atoms with Crippen molar-refractivity contribution in [2.24, 2.45) is 0 Å². The number of nitrogens with zero attached hydrogens (tertiary/aromatic N) is 1. The highest BCUT2D eigenvalue weighted by Gasteiger charge is 2.24. The van der Waals surface area contributed by atoms with Gasteiger partial charge in [0.1, 0.15) is 6.04 Å². The summed E-state index contributed by atoms with van der Waals surface area (Å²) in [5, 5.41) is 6.02. The predicted octanol–water partition coefficient (Wildman–Crippen LogP) is 1.65. The van der Waals surface area contributed by atoms with Crippen LogP contribution in [0.3, 0.4) is 0 Å². The molecule has 0 aliphatic rings. The molecule has 0 spiro atoms. The number of H-pyrrole nitrogens is 1. The van der Waals surface area contributed by atoms with Crippen molar-refractivity contribution in [2.45, 2.75) is 24.3 Å². The van der Waals surface area contributed by atoms with Gasteiger partial charge in [-0.15, -0.1) is 0 Å². The summed E-state index contributed by atoms with van der Waals surface area (Å²) in [6.07, 6.45) is 1.95. The molecule has 0 saturated heterocycles. The maximum Gasteiger partial charge on any atom is 0.329 e. The molecule has 11 heteroatoms. The van der Waals surface area contributed by atoms with Gasteiger partial charge in [-0.05, 0) is 35.9 Å². The monoisotopic (exact) mass is 486 g/mol. The van der Waals surface area contributed by atoms with Crippen LogP contribution in [0.4, 0.5) is 5.69 Å². The molecule has 180 valence electrons. The molecule has 10 nitrogen and oxygen atoms in total. The molecule has 2 amide bonds. The highest BCUT2D eigenvalue weighted by molar-refractivity contribution is 7.89. The number of rotatable bonds is 9. The molecule has 2 aromatic carbocycles. The van der Waals surface area contributed by atoms with E-state index in [0.29, 0.717) is 5.69 Å². The Labute approximate surface area is 197 Å². The lowest BCUT2D eigenvalue weighted by atomic mass is 10.0. The number of aromatic amines is 1. The third kappa shape index (κ3) is 6.00. The van der Waals surface area contributed by atoms with Crippen LogP contribution in [-0.4, -0.2) is 62.2 Å². The molecule has 3 rings (SSSR count). The lowest BCUT2D eigenvalue weighted by Gasteiger charge is -2.16. The van der Waals surface area contributed by atoms with Crippen LogP contribution in [0.2, 0.25) is 0 Å². The first kappa shape index (κ1) is 24.9. The zero-order valence-electron chi connectivity index (χ0n) is 19.0. The molecular formula is C23H26N4O6S. The van der Waals surface area contributed by atoms with Crippen LogP contribution < -0.4 is 10.6 Å². The standard InChI is InChI=1S/C23H26N4O6S/c1-15(28)25-21(12-16-13-24-20-7-5-4-6-19(16)20)23(30)33-14-22(29)26-17-8-10-18(11-9-17)34(31,32)27(2)3/h4-11,13,21,24H,12,14H2,1-3H3,(H,25,28)(H,26,29)/t21-/m0/s1. The second-order valence-electron chi connectivity index (χ2n) is 7.78. The van der Waals surface area contributed by atoms with E-state index in [2.05, 4.69) is 15.6 Å². The zero-order valence-corrected chi connectivity index (χ0v) is 19.8. The van der Waals surface area contributed by atoms with E-state index in [1.165, 1.54) is 45.3 Å². The van der Waals surface area contributed by atoms with Crippen LogP contribution >= 0.6 is 0 Å². The van der Waals surface area contributed by atoms with E-state index in [-0.39, 0.29) is 11.3 Å². The molecule has 0 bridgehead atoms. The Kier molecular flexibility index (Phi) is 7.69. The van der Waals surface area contributed by atoms with Gasteiger partial charge in [0, 0.05) is 50.2 Å². The Morgan fingerprint density at radius 2 is 1.74 bits per heavy atom. The van der Waals surface area contributed by atoms with Crippen LogP contribution in [0.1, 0.15) is 12.5 Å². The van der Waals surface area contributed by atoms with E-state index < -0.39 is 40.5 Å². The van der Waals surface area contributed by atoms with Gasteiger partial charge in [0.2, 0.25) is 15.9 Å². The molecule has 0 radical (unpaired) electrons. The van der Waals surface area contributed by atoms with E-state index in [1.54, 1.807) is 6.20 Å². The van der Waals surface area contributed by atoms with Crippen molar-refractivity contribution in [3.63, 3.8) is 0 Å². The van der Waals surface area contributed by atoms with Crippen molar-refractivity contribution in [3.05, 3.63) is 60.3 Å². The quantitative estimate of drug-likeness (QED) is 0.393. The number of benzene rings is 2. The van der Waals surface area contributed by atoms with Gasteiger partial charge in [-0.1, -0.05) is 18.2 Å². The highest BCUT2D eigenvalue weighted by Crippen LogP contribution is 2.20. The van der Waals surface area contributed by atoms with Gasteiger partial charge in [0.05, 0.1) is 4.90 Å². The predicted molar refractivity (Wildman–Crippen MR) is 127 cm³/mol. The number of aromatic nitrogens is 1. The van der Waals surface area contributed by atoms with E-state index in [4.69, 9.17) is 4.74 Å². The molecule has 1 heterocycles. The van der Waals surface area contributed by atoms with Gasteiger partial charge in [-0.3, -0.25) is 9.59 Å². The summed E-state index contributed by atoms with van der Waals surface area (Å²) in [4.78, 5) is 39.7. The average Bonchev–Trinajstić information content (AvgIpc) is 3.20. The van der Waals surface area contributed by atoms with Crippen LogP contribution in [-0.2, 0) is 35.6 Å². The van der Waals surface area contributed by atoms with Crippen LogP contribution in [0.15, 0.2) is 59.6 Å². The first-order valence-corrected chi connectivity index (χ1v) is 11.8. The summed E-state index contributed by atoms with van der Waals surface area (Å²) in [5.74, 6) is -1.76. The summed E-state index contributed by atoms with van der Waals surface area (Å²) in [5.41, 5.74) is 2.07. The third-order valence-electron chi connectivity index (χ3n) is 5.02. The third-order valence-corrected chi connectivity index (χ3v) is 6.85. The number of sulfonamides is 1. The largest absolute Gasteiger partial charge is 0.454 e. The maximum atomic E-state index is 12.6. The number of carbonyl (C=O) groups is 3. The maximum absolute atomic E-state index is 12.6. The first-order chi connectivity index (χ1) is 16.1. The fourth-order valence-corrected chi connectivity index (χ4v) is 4.22. The summed E-state index contributed by atoms with van der Waals surface area (Å²) >= 11 is 0. The number of nitrogens with one attached hydrogen (secondary N) is 3. The topological polar surface area (TPSA) is 138 Å². The van der Waals surface area contributed by atoms with E-state index in [0.717, 1.165) is 20.8 Å². The SMILES string of the molecule is CC(=O)N[C@@H](Cc1c[nH]c2ccccc12)C(=O)OCC(=O)Nc1ccc(S(=O)(=O)N(C)C)cc1. The normalized spacial score (nSPS) is 12.4. The van der Waals surface area contributed by atoms with E-state index in [9.17, 15) is 22.8 Å². The molecule has 1 atom stereocenters. The Morgan fingerprint density at radius 1 is 1.06 bits per heavy atom. The number of hydrogen-bond donors (Lipinski definition) is 3. The molecule has 0 unspecified atom stereocenters. The van der Waals surface area contributed by atoms with Crippen molar-refractivity contribution in [1.82, 2.24) is 14.6 Å². The van der Waals surface area contributed by atoms with Gasteiger partial charge in [0.15, 0.2) is 6.61 Å². The average molecular weight is 487 g/mol. The molecule has 1 aromatic heterocycles. The number of fused-ring (bicyclic) bond motifs is 1. The molecule has 3 N–H and O–H groups in total. The number of hydrogen-bond acceptors (Lipinski definition) is 6. The smallest absolute Gasteiger partial charge is 0.329 e. The zero-order chi connectivity index (χ0) is 24.9. The summed E-state index contributed by atoms with van der Waals surface area (Å²) < 4.78 is 30.5. The second-order valence-corrected chi connectivity index (χ2v) is 9.94. The van der Waals surface area contributed by atoms with Crippen LogP contribution in [0.5, 0.6) is 0 Å². The molecule has 3 aromatic rings. The van der Waals surface area contributed by atoms with Crippen molar-refractivity contribution in [3.8, 4) is 0 Å². The lowest BCUT2D eigenvalue weighted by molar-refractivity contribution is -0.150. The molecule has 0 aliphatic heterocycles. The van der Waals surface area contributed by atoms with Gasteiger partial charge in [-0.25, -0.2) is 17.5 Å². The minimum Gasteiger partial charge on any atom is -0.454 e. The van der Waals surface area contributed by atoms with E-state index in [1.807, 2.05) is 24.3 Å². The number of carbonyl (C=O) groups excluding carboxylic acids is 3. The number of esters is 1. The number of anilines is 1. The van der Waals surface area contributed by atoms with Crippen molar-refractivity contribution < 1.29 is 27.5 Å². The number of ether oxygens (including phenoxy) is 1. The van der Waals surface area contributed by atoms with Gasteiger partial charge in [-0.2, -0.15) is 0 Å². The van der Waals surface area contributed by atoms with E-state index >= 15 is 0 Å². The van der Waals surface area contributed by atoms with Crippen molar-refractivity contribution in [1.29, 1.82) is 0 Å². The first-order valence-electron chi connectivity index (χ1n) is 10.4. The molecule has 0 saturated carbocycles. The van der Waals surface area contributed by atoms with Crippen molar-refractivity contribution >= 4 is 44.4 Å². The minimum absolute atomic E-state index is 0.0809. The fraction of sp³-hybridized carbons (Fsp3) is 0.261. The molecule has 34 heavy (non-hydrogen) atoms. The molecular weight excluding hydrogens is 460 g/mol. The van der Waals surface area contributed by atoms with Gasteiger partial charge >= 0.3 is 5.97 Å².